The lowest BCUT2D eigenvalue weighted by atomic mass is 9.85. The number of fused-ring (bicyclic) bond motifs is 1. The Balaban J connectivity index is 1.28. The van der Waals surface area contributed by atoms with Crippen LogP contribution in [0.25, 0.3) is 22.2 Å². The van der Waals surface area contributed by atoms with Gasteiger partial charge in [-0.3, -0.25) is 9.59 Å². The fraction of sp³-hybridized carbons (Fsp3) is 0.467. The van der Waals surface area contributed by atoms with E-state index >= 15 is 0 Å². The molecular weight excluding hydrogens is 566 g/mol. The van der Waals surface area contributed by atoms with Crippen molar-refractivity contribution in [1.82, 2.24) is 14.2 Å². The summed E-state index contributed by atoms with van der Waals surface area (Å²) in [6, 6.07) is 12.4. The molecule has 3 aromatic rings. The van der Waals surface area contributed by atoms with Crippen LogP contribution < -0.4 is 4.72 Å². The second-order valence-electron chi connectivity index (χ2n) is 11.1. The van der Waals surface area contributed by atoms with Crippen LogP contribution in [0.15, 0.2) is 47.4 Å². The smallest absolute Gasteiger partial charge is 0.303 e. The van der Waals surface area contributed by atoms with Crippen molar-refractivity contribution in [2.75, 3.05) is 19.8 Å². The average Bonchev–Trinajstić information content (AvgIpc) is 3.21. The zero-order valence-corrected chi connectivity index (χ0v) is 24.9. The predicted molar refractivity (Wildman–Crippen MR) is 157 cm³/mol. The van der Waals surface area contributed by atoms with Crippen LogP contribution in [0.5, 0.6) is 0 Å². The first-order chi connectivity index (χ1) is 19.5. The molecule has 9 nitrogen and oxygen atoms in total. The van der Waals surface area contributed by atoms with E-state index in [1.807, 2.05) is 47.7 Å². The number of amides is 1. The third kappa shape index (κ3) is 6.30. The maximum atomic E-state index is 13.4. The summed E-state index contributed by atoms with van der Waals surface area (Å²) < 4.78 is 37.0. The van der Waals surface area contributed by atoms with Gasteiger partial charge in [0, 0.05) is 37.4 Å². The third-order valence-corrected chi connectivity index (χ3v) is 10.2. The normalized spacial score (nSPS) is 21.7. The van der Waals surface area contributed by atoms with E-state index < -0.39 is 16.0 Å². The maximum Gasteiger partial charge on any atom is 0.303 e. The number of carbonyl (C=O) groups excluding carboxylic acids is 1. The second kappa shape index (κ2) is 12.1. The first-order valence-corrected chi connectivity index (χ1v) is 15.9. The van der Waals surface area contributed by atoms with E-state index in [1.54, 1.807) is 18.2 Å². The van der Waals surface area contributed by atoms with Gasteiger partial charge in [0.05, 0.1) is 40.4 Å². The van der Waals surface area contributed by atoms with Gasteiger partial charge in [-0.05, 0) is 68.4 Å². The van der Waals surface area contributed by atoms with Crippen molar-refractivity contribution in [1.29, 1.82) is 0 Å². The molecule has 0 radical (unpaired) electrons. The van der Waals surface area contributed by atoms with E-state index in [9.17, 15) is 18.0 Å². The topological polar surface area (TPSA) is 118 Å². The molecule has 1 aliphatic heterocycles. The van der Waals surface area contributed by atoms with Crippen LogP contribution in [0.2, 0.25) is 5.02 Å². The van der Waals surface area contributed by atoms with Gasteiger partial charge in [0.2, 0.25) is 15.9 Å². The predicted octanol–water partition coefficient (Wildman–Crippen LogP) is 4.60. The highest BCUT2D eigenvalue weighted by Crippen LogP contribution is 2.38. The number of aliphatic carboxylic acids is 1. The number of nitrogens with zero attached hydrogens (tertiary/aromatic N) is 2. The van der Waals surface area contributed by atoms with Crippen molar-refractivity contribution in [2.24, 2.45) is 13.0 Å². The SMILES string of the molecule is C[C@H]1COCCN1C(=O)[C@H]1CC[C@H](NS(=O)(=O)c2ccc3c(Cl)c(-c4ccc(CCC(=O)O)cc4)n(C)c3c2)CC1. The van der Waals surface area contributed by atoms with Crippen molar-refractivity contribution in [3.05, 3.63) is 53.1 Å². The summed E-state index contributed by atoms with van der Waals surface area (Å²) in [5.41, 5.74) is 3.22. The summed E-state index contributed by atoms with van der Waals surface area (Å²) in [5, 5.41) is 10.2. The van der Waals surface area contributed by atoms with Crippen molar-refractivity contribution < 1.29 is 27.9 Å². The van der Waals surface area contributed by atoms with Crippen LogP contribution >= 0.6 is 11.6 Å². The molecule has 5 rings (SSSR count). The van der Waals surface area contributed by atoms with Gasteiger partial charge < -0.3 is 19.3 Å². The largest absolute Gasteiger partial charge is 0.481 e. The molecule has 1 saturated heterocycles. The molecule has 0 unspecified atom stereocenters. The van der Waals surface area contributed by atoms with Gasteiger partial charge in [0.1, 0.15) is 0 Å². The molecule has 2 aliphatic rings. The van der Waals surface area contributed by atoms with Crippen molar-refractivity contribution in [3.8, 4) is 11.3 Å². The average molecular weight is 602 g/mol. The van der Waals surface area contributed by atoms with E-state index in [0.29, 0.717) is 62.4 Å². The fourth-order valence-electron chi connectivity index (χ4n) is 5.97. The molecule has 0 spiro atoms. The van der Waals surface area contributed by atoms with Crippen molar-refractivity contribution in [2.45, 2.75) is 62.4 Å². The van der Waals surface area contributed by atoms with Gasteiger partial charge in [-0.1, -0.05) is 35.9 Å². The summed E-state index contributed by atoms with van der Waals surface area (Å²) >= 11 is 6.76. The minimum Gasteiger partial charge on any atom is -0.481 e. The molecule has 0 bridgehead atoms. The van der Waals surface area contributed by atoms with Gasteiger partial charge in [-0.2, -0.15) is 0 Å². The Kier molecular flexibility index (Phi) is 8.75. The summed E-state index contributed by atoms with van der Waals surface area (Å²) in [6.45, 7) is 3.72. The molecule has 1 atom stereocenters. The quantitative estimate of drug-likeness (QED) is 0.390. The van der Waals surface area contributed by atoms with Crippen LogP contribution in [0.1, 0.15) is 44.6 Å². The van der Waals surface area contributed by atoms with Crippen molar-refractivity contribution >= 4 is 44.4 Å². The monoisotopic (exact) mass is 601 g/mol. The van der Waals surface area contributed by atoms with Crippen LogP contribution in [-0.4, -0.2) is 66.7 Å². The van der Waals surface area contributed by atoms with Gasteiger partial charge in [0.25, 0.3) is 0 Å². The molecule has 1 aromatic heterocycles. The second-order valence-corrected chi connectivity index (χ2v) is 13.2. The Morgan fingerprint density at radius 2 is 1.80 bits per heavy atom. The zero-order valence-electron chi connectivity index (χ0n) is 23.3. The lowest BCUT2D eigenvalue weighted by Gasteiger charge is -2.37. The minimum absolute atomic E-state index is 0.0622. The first kappa shape index (κ1) is 29.6. The number of nitrogens with one attached hydrogen (secondary N) is 1. The molecule has 2 aromatic carbocycles. The van der Waals surface area contributed by atoms with Gasteiger partial charge in [-0.25, -0.2) is 13.1 Å². The summed E-state index contributed by atoms with van der Waals surface area (Å²) in [7, 11) is -1.94. The fourth-order valence-corrected chi connectivity index (χ4v) is 7.69. The van der Waals surface area contributed by atoms with E-state index in [4.69, 9.17) is 21.4 Å². The molecular formula is C30H36ClN3O6S. The molecule has 2 fully saturated rings. The Labute approximate surface area is 245 Å². The highest BCUT2D eigenvalue weighted by Gasteiger charge is 2.34. The van der Waals surface area contributed by atoms with Crippen LogP contribution in [-0.2, 0) is 37.8 Å². The van der Waals surface area contributed by atoms with Gasteiger partial charge in [-0.15, -0.1) is 0 Å². The molecule has 1 aliphatic carbocycles. The van der Waals surface area contributed by atoms with E-state index in [1.165, 1.54) is 0 Å². The minimum atomic E-state index is -3.79. The van der Waals surface area contributed by atoms with Gasteiger partial charge >= 0.3 is 5.97 Å². The summed E-state index contributed by atoms with van der Waals surface area (Å²) in [5.74, 6) is -0.769. The number of carbonyl (C=O) groups is 2. The Bertz CT molecular complexity index is 1540. The number of benzene rings is 2. The number of aromatic nitrogens is 1. The number of sulfonamides is 1. The number of morpholine rings is 1. The number of rotatable bonds is 8. The van der Waals surface area contributed by atoms with Crippen LogP contribution in [0.3, 0.4) is 0 Å². The molecule has 11 heteroatoms. The number of ether oxygens (including phenoxy) is 1. The Morgan fingerprint density at radius 1 is 1.10 bits per heavy atom. The van der Waals surface area contributed by atoms with Crippen LogP contribution in [0, 0.1) is 5.92 Å². The number of carboxylic acid groups (broad SMARTS) is 1. The van der Waals surface area contributed by atoms with E-state index in [2.05, 4.69) is 4.72 Å². The Morgan fingerprint density at radius 3 is 2.46 bits per heavy atom. The molecule has 41 heavy (non-hydrogen) atoms. The number of halogens is 1. The molecule has 2 heterocycles. The lowest BCUT2D eigenvalue weighted by molar-refractivity contribution is -0.144. The standard InChI is InChI=1S/C30H36ClN3O6S/c1-19-18-40-16-15-34(19)30(37)22-8-10-23(11-9-22)32-41(38,39)24-12-13-25-26(17-24)33(2)29(28(25)31)21-6-3-20(4-7-21)5-14-27(35)36/h3-4,6-7,12-13,17,19,22-23,32H,5,8-11,14-16,18H2,1-2H3,(H,35,36)/t19-,22-,23-/m0/s1. The van der Waals surface area contributed by atoms with Gasteiger partial charge in [0.15, 0.2) is 0 Å². The summed E-state index contributed by atoms with van der Waals surface area (Å²) in [4.78, 5) is 26.0. The molecule has 2 N–H and O–H groups in total. The molecule has 1 saturated carbocycles. The first-order valence-electron chi connectivity index (χ1n) is 14.0. The number of aryl methyl sites for hydroxylation is 2. The third-order valence-electron chi connectivity index (χ3n) is 8.32. The number of hydrogen-bond acceptors (Lipinski definition) is 5. The number of hydrogen-bond donors (Lipinski definition) is 2. The zero-order chi connectivity index (χ0) is 29.3. The van der Waals surface area contributed by atoms with Crippen molar-refractivity contribution in [3.63, 3.8) is 0 Å². The van der Waals surface area contributed by atoms with Crippen LogP contribution in [0.4, 0.5) is 0 Å². The summed E-state index contributed by atoms with van der Waals surface area (Å²) in [6.07, 6.45) is 3.03. The van der Waals surface area contributed by atoms with E-state index in [0.717, 1.165) is 22.2 Å². The maximum absolute atomic E-state index is 13.4. The molecule has 220 valence electrons. The Hall–Kier alpha value is -2.92. The number of carboxylic acids is 1. The lowest BCUT2D eigenvalue weighted by Crippen LogP contribution is -2.50. The highest BCUT2D eigenvalue weighted by atomic mass is 35.5. The van der Waals surface area contributed by atoms with E-state index in [-0.39, 0.29) is 35.2 Å². The highest BCUT2D eigenvalue weighted by molar-refractivity contribution is 7.89. The molecule has 1 amide bonds.